The van der Waals surface area contributed by atoms with Crippen LogP contribution in [-0.4, -0.2) is 22.6 Å². The third-order valence-corrected chi connectivity index (χ3v) is 5.51. The van der Waals surface area contributed by atoms with Gasteiger partial charge in [-0.25, -0.2) is 13.8 Å². The minimum atomic E-state index is -0.877. The van der Waals surface area contributed by atoms with Gasteiger partial charge in [0, 0.05) is 19.1 Å². The Labute approximate surface area is 158 Å². The average molecular weight is 380 g/mol. The summed E-state index contributed by atoms with van der Waals surface area (Å²) in [6, 6.07) is 8.03. The number of piperidine rings is 1. The van der Waals surface area contributed by atoms with Crippen molar-refractivity contribution in [1.29, 1.82) is 5.26 Å². The van der Waals surface area contributed by atoms with E-state index >= 15 is 0 Å². The number of halogens is 2. The van der Waals surface area contributed by atoms with Gasteiger partial charge in [-0.2, -0.15) is 5.26 Å². The second-order valence-corrected chi connectivity index (χ2v) is 7.06. The summed E-state index contributed by atoms with van der Waals surface area (Å²) in [7, 11) is 0. The molecule has 140 valence electrons. The van der Waals surface area contributed by atoms with E-state index in [9.17, 15) is 13.6 Å². The molecular weight excluding hydrogens is 366 g/mol. The second-order valence-electron chi connectivity index (χ2n) is 7.06. The first-order valence-electron chi connectivity index (χ1n) is 8.86. The summed E-state index contributed by atoms with van der Waals surface area (Å²) in [5.41, 5.74) is -0.241. The molecular formula is C20H14F2N4O2. The lowest BCUT2D eigenvalue weighted by atomic mass is 10.2. The van der Waals surface area contributed by atoms with Crippen LogP contribution < -0.4 is 15.6 Å². The smallest absolute Gasteiger partial charge is 0.261 e. The Kier molecular flexibility index (Phi) is 3.67. The Bertz CT molecular complexity index is 1210. The molecule has 1 aromatic heterocycles. The Morgan fingerprint density at radius 3 is 2.68 bits per heavy atom. The number of nitrogens with zero attached hydrogens (tertiary/aromatic N) is 3. The molecule has 0 amide bonds. The zero-order valence-electron chi connectivity index (χ0n) is 14.5. The first-order valence-corrected chi connectivity index (χ1v) is 8.86. The molecule has 2 unspecified atom stereocenters. The van der Waals surface area contributed by atoms with Gasteiger partial charge in [-0.3, -0.25) is 9.36 Å². The lowest BCUT2D eigenvalue weighted by Gasteiger charge is -2.11. The van der Waals surface area contributed by atoms with Crippen molar-refractivity contribution < 1.29 is 13.5 Å². The van der Waals surface area contributed by atoms with Gasteiger partial charge in [0.25, 0.3) is 5.56 Å². The van der Waals surface area contributed by atoms with Gasteiger partial charge in [-0.1, -0.05) is 0 Å². The summed E-state index contributed by atoms with van der Waals surface area (Å²) >= 11 is 0. The van der Waals surface area contributed by atoms with Crippen molar-refractivity contribution in [3.05, 3.63) is 64.2 Å². The number of nitrogens with one attached hydrogen (secondary N) is 1. The quantitative estimate of drug-likeness (QED) is 0.756. The molecule has 6 nitrogen and oxygen atoms in total. The summed E-state index contributed by atoms with van der Waals surface area (Å²) in [5, 5.41) is 12.7. The fourth-order valence-corrected chi connectivity index (χ4v) is 4.04. The van der Waals surface area contributed by atoms with Crippen LogP contribution in [0.4, 0.5) is 8.78 Å². The van der Waals surface area contributed by atoms with Crippen LogP contribution >= 0.6 is 0 Å². The number of benzene rings is 2. The molecule has 5 rings (SSSR count). The van der Waals surface area contributed by atoms with Crippen molar-refractivity contribution in [3.63, 3.8) is 0 Å². The summed E-state index contributed by atoms with van der Waals surface area (Å²) in [6.45, 7) is 1.78. The molecule has 28 heavy (non-hydrogen) atoms. The molecule has 1 saturated carbocycles. The van der Waals surface area contributed by atoms with Crippen LogP contribution in [0.2, 0.25) is 0 Å². The van der Waals surface area contributed by atoms with Crippen LogP contribution in [0.1, 0.15) is 11.6 Å². The van der Waals surface area contributed by atoms with E-state index < -0.39 is 22.9 Å². The first kappa shape index (κ1) is 16.8. The minimum Gasteiger partial charge on any atom is -0.453 e. The highest BCUT2D eigenvalue weighted by atomic mass is 19.1. The van der Waals surface area contributed by atoms with E-state index in [-0.39, 0.29) is 17.4 Å². The standard InChI is InChI=1S/C20H14F2N4O2/c21-15-2-3-16(22)19(12(15)6-23)28-10-1-4-17-11(5-10)20(27)26(9-25-17)18-13-7-24-8-14(13)18/h1-5,9,13-14,18,24H,7-8H2. The van der Waals surface area contributed by atoms with Gasteiger partial charge in [-0.05, 0) is 42.2 Å². The summed E-state index contributed by atoms with van der Waals surface area (Å²) in [6.07, 6.45) is 1.56. The van der Waals surface area contributed by atoms with Crippen LogP contribution in [0.15, 0.2) is 41.5 Å². The molecule has 2 atom stereocenters. The van der Waals surface area contributed by atoms with E-state index in [2.05, 4.69) is 10.3 Å². The van der Waals surface area contributed by atoms with Gasteiger partial charge in [0.05, 0.1) is 17.2 Å². The third kappa shape index (κ3) is 2.47. The molecule has 0 bridgehead atoms. The predicted molar refractivity (Wildman–Crippen MR) is 96.0 cm³/mol. The van der Waals surface area contributed by atoms with Crippen LogP contribution in [0.5, 0.6) is 11.5 Å². The molecule has 2 heterocycles. The normalized spacial score (nSPS) is 22.7. The Morgan fingerprint density at radius 2 is 1.93 bits per heavy atom. The van der Waals surface area contributed by atoms with E-state index in [0.29, 0.717) is 22.7 Å². The minimum absolute atomic E-state index is 0.128. The molecule has 3 aromatic rings. The van der Waals surface area contributed by atoms with Gasteiger partial charge >= 0.3 is 0 Å². The molecule has 0 spiro atoms. The van der Waals surface area contributed by atoms with Gasteiger partial charge in [0.1, 0.15) is 23.2 Å². The number of rotatable bonds is 3. The van der Waals surface area contributed by atoms with E-state index in [1.54, 1.807) is 23.0 Å². The zero-order valence-corrected chi connectivity index (χ0v) is 14.5. The van der Waals surface area contributed by atoms with E-state index in [4.69, 9.17) is 10.00 Å². The van der Waals surface area contributed by atoms with Crippen molar-refractivity contribution in [3.8, 4) is 17.6 Å². The van der Waals surface area contributed by atoms with E-state index in [0.717, 1.165) is 25.2 Å². The molecule has 1 aliphatic carbocycles. The van der Waals surface area contributed by atoms with Crippen molar-refractivity contribution >= 4 is 10.9 Å². The maximum Gasteiger partial charge on any atom is 0.261 e. The van der Waals surface area contributed by atoms with Crippen LogP contribution in [0, 0.1) is 34.8 Å². The Morgan fingerprint density at radius 1 is 1.18 bits per heavy atom. The maximum atomic E-state index is 14.1. The van der Waals surface area contributed by atoms with Crippen molar-refractivity contribution in [2.45, 2.75) is 6.04 Å². The van der Waals surface area contributed by atoms with Gasteiger partial charge in [0.2, 0.25) is 0 Å². The molecule has 2 aliphatic rings. The highest BCUT2D eigenvalue weighted by molar-refractivity contribution is 5.79. The molecule has 1 N–H and O–H groups in total. The number of hydrogen-bond donors (Lipinski definition) is 1. The van der Waals surface area contributed by atoms with Gasteiger partial charge < -0.3 is 10.1 Å². The number of aromatic nitrogens is 2. The molecule has 1 aliphatic heterocycles. The van der Waals surface area contributed by atoms with Crippen molar-refractivity contribution in [2.75, 3.05) is 13.1 Å². The zero-order chi connectivity index (χ0) is 19.4. The van der Waals surface area contributed by atoms with E-state index in [1.807, 2.05) is 0 Å². The Balaban J connectivity index is 1.56. The summed E-state index contributed by atoms with van der Waals surface area (Å²) in [4.78, 5) is 17.3. The lowest BCUT2D eigenvalue weighted by Crippen LogP contribution is -2.25. The average Bonchev–Trinajstić information content (AvgIpc) is 3.15. The topological polar surface area (TPSA) is 79.9 Å². The maximum absolute atomic E-state index is 14.1. The molecule has 2 fully saturated rings. The number of ether oxygens (including phenoxy) is 1. The second kappa shape index (κ2) is 6.11. The van der Waals surface area contributed by atoms with Crippen LogP contribution in [0.3, 0.4) is 0 Å². The summed E-state index contributed by atoms with van der Waals surface area (Å²) < 4.78 is 34.9. The van der Waals surface area contributed by atoms with Crippen molar-refractivity contribution in [2.24, 2.45) is 11.8 Å². The molecule has 1 saturated heterocycles. The van der Waals surface area contributed by atoms with Gasteiger partial charge in [0.15, 0.2) is 11.6 Å². The molecule has 8 heteroatoms. The monoisotopic (exact) mass is 380 g/mol. The SMILES string of the molecule is N#Cc1c(F)ccc(F)c1Oc1ccc2ncn(C3C4CNCC43)c(=O)c2c1. The number of nitriles is 1. The van der Waals surface area contributed by atoms with Gasteiger partial charge in [-0.15, -0.1) is 0 Å². The summed E-state index contributed by atoms with van der Waals surface area (Å²) in [5.74, 6) is -1.24. The highest BCUT2D eigenvalue weighted by Gasteiger charge is 2.54. The van der Waals surface area contributed by atoms with Crippen molar-refractivity contribution in [1.82, 2.24) is 14.9 Å². The first-order chi connectivity index (χ1) is 13.6. The predicted octanol–water partition coefficient (Wildman–Crippen LogP) is 2.73. The fourth-order valence-electron chi connectivity index (χ4n) is 4.04. The number of fused-ring (bicyclic) bond motifs is 2. The third-order valence-electron chi connectivity index (χ3n) is 5.51. The molecule has 0 radical (unpaired) electrons. The Hall–Kier alpha value is -3.31. The van der Waals surface area contributed by atoms with Crippen LogP contribution in [-0.2, 0) is 0 Å². The fraction of sp³-hybridized carbons (Fsp3) is 0.250. The highest BCUT2D eigenvalue weighted by Crippen LogP contribution is 2.51. The number of hydrogen-bond acceptors (Lipinski definition) is 5. The largest absolute Gasteiger partial charge is 0.453 e. The van der Waals surface area contributed by atoms with E-state index in [1.165, 1.54) is 12.1 Å². The lowest BCUT2D eigenvalue weighted by molar-refractivity contribution is 0.435. The molecule has 2 aromatic carbocycles. The van der Waals surface area contributed by atoms with Crippen LogP contribution in [0.25, 0.3) is 10.9 Å².